The third kappa shape index (κ3) is 75.2. The zero-order valence-electron chi connectivity index (χ0n) is 64.9. The number of hydrogen-bond donors (Lipinski definition) is 3. The van der Waals surface area contributed by atoms with E-state index in [1.165, 1.54) is 77.0 Å². The van der Waals surface area contributed by atoms with Gasteiger partial charge in [0.15, 0.2) is 12.2 Å². The molecule has 0 saturated heterocycles. The summed E-state index contributed by atoms with van der Waals surface area (Å²) in [6, 6.07) is 0. The van der Waals surface area contributed by atoms with Gasteiger partial charge in [0.2, 0.25) is 0 Å². The number of phosphoric ester groups is 2. The van der Waals surface area contributed by atoms with E-state index in [4.69, 9.17) is 37.0 Å². The lowest BCUT2D eigenvalue weighted by Gasteiger charge is -2.21. The van der Waals surface area contributed by atoms with Crippen LogP contribution in [-0.4, -0.2) is 96.7 Å². The zero-order valence-corrected chi connectivity index (χ0v) is 66.7. The largest absolute Gasteiger partial charge is 0.472 e. The van der Waals surface area contributed by atoms with Crippen molar-refractivity contribution >= 4 is 39.5 Å². The van der Waals surface area contributed by atoms with Crippen LogP contribution in [0, 0.1) is 0 Å². The van der Waals surface area contributed by atoms with Crippen molar-refractivity contribution in [2.75, 3.05) is 39.6 Å². The van der Waals surface area contributed by atoms with Crippen molar-refractivity contribution in [2.24, 2.45) is 0 Å². The van der Waals surface area contributed by atoms with Gasteiger partial charge in [0.1, 0.15) is 19.3 Å². The summed E-state index contributed by atoms with van der Waals surface area (Å²) < 4.78 is 68.5. The van der Waals surface area contributed by atoms with Gasteiger partial charge in [0.25, 0.3) is 0 Å². The van der Waals surface area contributed by atoms with Crippen molar-refractivity contribution in [1.82, 2.24) is 0 Å². The number of rotatable bonds is 74. The lowest BCUT2D eigenvalue weighted by atomic mass is 10.1. The van der Waals surface area contributed by atoms with Gasteiger partial charge in [0, 0.05) is 25.7 Å². The topological polar surface area (TPSA) is 237 Å². The molecule has 0 spiro atoms. The fourth-order valence-corrected chi connectivity index (χ4v) is 11.8. The van der Waals surface area contributed by atoms with Gasteiger partial charge in [-0.15, -0.1) is 0 Å². The Kier molecular flexibility index (Phi) is 72.4. The third-order valence-corrected chi connectivity index (χ3v) is 18.2. The summed E-state index contributed by atoms with van der Waals surface area (Å²) in [4.78, 5) is 72.9. The van der Waals surface area contributed by atoms with Gasteiger partial charge < -0.3 is 33.8 Å². The lowest BCUT2D eigenvalue weighted by molar-refractivity contribution is -0.161. The highest BCUT2D eigenvalue weighted by molar-refractivity contribution is 7.47. The number of allylic oxidation sites excluding steroid dienone is 24. The molecule has 5 atom stereocenters. The Bertz CT molecular complexity index is 2540. The summed E-state index contributed by atoms with van der Waals surface area (Å²) >= 11 is 0. The molecule has 3 N–H and O–H groups in total. The number of hydrogen-bond acceptors (Lipinski definition) is 15. The molecule has 17 nitrogen and oxygen atoms in total. The maximum Gasteiger partial charge on any atom is 0.472 e. The predicted molar refractivity (Wildman–Crippen MR) is 427 cm³/mol. The van der Waals surface area contributed by atoms with Crippen LogP contribution in [-0.2, 0) is 65.4 Å². The number of aliphatic hydroxyl groups is 1. The number of aliphatic hydroxyl groups excluding tert-OH is 1. The van der Waals surface area contributed by atoms with Crippen molar-refractivity contribution in [2.45, 2.75) is 329 Å². The zero-order chi connectivity index (χ0) is 76.0. The molecule has 0 fully saturated rings. The highest BCUT2D eigenvalue weighted by atomic mass is 31.2. The van der Waals surface area contributed by atoms with Crippen LogP contribution in [0.4, 0.5) is 0 Å². The number of esters is 4. The first-order valence-electron chi connectivity index (χ1n) is 40.1. The minimum Gasteiger partial charge on any atom is -0.462 e. The van der Waals surface area contributed by atoms with E-state index in [1.807, 2.05) is 18.2 Å². The van der Waals surface area contributed by atoms with Gasteiger partial charge in [-0.1, -0.05) is 296 Å². The molecule has 0 rings (SSSR count). The lowest BCUT2D eigenvalue weighted by Crippen LogP contribution is -2.30. The van der Waals surface area contributed by atoms with E-state index in [2.05, 4.69) is 155 Å². The Morgan fingerprint density at radius 2 is 0.519 bits per heavy atom. The standard InChI is InChI=1S/C85H142O17P2/c1-5-9-13-17-21-25-29-32-35-37-39-41-44-47-51-54-58-62-66-70-83(88)96-76-81(102-85(90)72-68-64-60-56-52-48-45-42-40-38-36-33-30-26-22-18-14-10-6-2)78-100-104(93,94)98-74-79(86)73-97-103(91,92)99-77-80(101-84(89)71-67-63-59-55-49-28-24-20-16-12-8-4)75-95-82(87)69-65-61-57-53-50-46-43-34-31-27-23-19-15-11-7-3/h9-10,13-14,21-22,25-26,32-36,39-43,47-48,51-52,58,62,79-81,86H,5-8,11-12,15-20,23-24,27-31,37-38,44-46,49-50,53-57,59-61,63-78H2,1-4H3,(H,91,92)(H,93,94)/b13-9-,14-10-,25-21-,26-22-,35-32-,36-33-,41-39-,42-40-,43-34-,51-47-,52-48-,62-58-. The van der Waals surface area contributed by atoms with E-state index in [0.717, 1.165) is 148 Å². The molecular weight excluding hydrogens is 1350 g/mol. The van der Waals surface area contributed by atoms with Gasteiger partial charge in [-0.2, -0.15) is 0 Å². The maximum atomic E-state index is 13.1. The van der Waals surface area contributed by atoms with Crippen LogP contribution in [0.2, 0.25) is 0 Å². The van der Waals surface area contributed by atoms with E-state index >= 15 is 0 Å². The van der Waals surface area contributed by atoms with Crippen LogP contribution in [0.15, 0.2) is 146 Å². The van der Waals surface area contributed by atoms with Crippen LogP contribution >= 0.6 is 15.6 Å². The molecule has 0 aromatic rings. The van der Waals surface area contributed by atoms with Crippen molar-refractivity contribution in [3.8, 4) is 0 Å². The molecule has 0 amide bonds. The molecule has 104 heavy (non-hydrogen) atoms. The quantitative estimate of drug-likeness (QED) is 0.0169. The van der Waals surface area contributed by atoms with Crippen molar-refractivity contribution < 1.29 is 80.2 Å². The smallest absolute Gasteiger partial charge is 0.462 e. The molecule has 0 bridgehead atoms. The van der Waals surface area contributed by atoms with Crippen LogP contribution < -0.4 is 0 Å². The molecule has 5 unspecified atom stereocenters. The predicted octanol–water partition coefficient (Wildman–Crippen LogP) is 23.4. The second-order valence-electron chi connectivity index (χ2n) is 26.2. The molecule has 0 aromatic carbocycles. The van der Waals surface area contributed by atoms with Gasteiger partial charge in [-0.25, -0.2) is 9.13 Å². The molecule has 0 heterocycles. The van der Waals surface area contributed by atoms with E-state index in [9.17, 15) is 43.2 Å². The number of unbranched alkanes of at least 4 members (excludes halogenated alkanes) is 24. The van der Waals surface area contributed by atoms with E-state index in [0.29, 0.717) is 32.1 Å². The summed E-state index contributed by atoms with van der Waals surface area (Å²) in [5.74, 6) is -2.32. The minimum absolute atomic E-state index is 0.0241. The number of phosphoric acid groups is 2. The van der Waals surface area contributed by atoms with Crippen LogP contribution in [0.25, 0.3) is 0 Å². The molecule has 0 aliphatic heterocycles. The first kappa shape index (κ1) is 98.9. The van der Waals surface area contributed by atoms with Crippen LogP contribution in [0.3, 0.4) is 0 Å². The Labute approximate surface area is 630 Å². The summed E-state index contributed by atoms with van der Waals surface area (Å²) in [5, 5.41) is 10.6. The average Bonchev–Trinajstić information content (AvgIpc) is 0.928. The SMILES string of the molecule is CC/C=C\C/C=C\C/C=C\C/C=C\C/C=C\C/C=C\CCC(=O)OCC(COP(=O)(O)OCC(O)COP(=O)(O)OCC(COC(=O)CCCCCCC/C=C\CCCCCCCC)OC(=O)CCCCCCCCCCCCC)OC(=O)CCCCC/C=C\C/C=C\C/C=C\C/C=C\C/C=C\CC. The van der Waals surface area contributed by atoms with Crippen LogP contribution in [0.5, 0.6) is 0 Å². The highest BCUT2D eigenvalue weighted by Gasteiger charge is 2.30. The first-order valence-corrected chi connectivity index (χ1v) is 43.1. The van der Waals surface area contributed by atoms with Crippen molar-refractivity contribution in [3.05, 3.63) is 146 Å². The molecule has 19 heteroatoms. The molecule has 0 aliphatic carbocycles. The highest BCUT2D eigenvalue weighted by Crippen LogP contribution is 2.45. The maximum absolute atomic E-state index is 13.1. The normalized spacial score (nSPS) is 14.6. The second-order valence-corrected chi connectivity index (χ2v) is 29.2. The molecule has 594 valence electrons. The summed E-state index contributed by atoms with van der Waals surface area (Å²) in [7, 11) is -9.99. The molecule has 0 radical (unpaired) electrons. The van der Waals surface area contributed by atoms with E-state index < -0.39 is 97.5 Å². The Morgan fingerprint density at radius 1 is 0.279 bits per heavy atom. The average molecular weight is 1500 g/mol. The Morgan fingerprint density at radius 3 is 0.846 bits per heavy atom. The number of carbonyl (C=O) groups is 4. The fraction of sp³-hybridized carbons (Fsp3) is 0.671. The summed E-state index contributed by atoms with van der Waals surface area (Å²) in [5.41, 5.74) is 0. The minimum atomic E-state index is -5.01. The number of carbonyl (C=O) groups excluding carboxylic acids is 4. The second kappa shape index (κ2) is 76.1. The summed E-state index contributed by atoms with van der Waals surface area (Å²) in [6.45, 7) is 4.51. The first-order chi connectivity index (χ1) is 50.7. The van der Waals surface area contributed by atoms with Gasteiger partial charge in [-0.05, 0) is 135 Å². The van der Waals surface area contributed by atoms with Gasteiger partial charge in [0.05, 0.1) is 26.4 Å². The Hall–Kier alpha value is -5.06. The molecule has 0 aliphatic rings. The Balaban J connectivity index is 5.45. The van der Waals surface area contributed by atoms with E-state index in [1.54, 1.807) is 0 Å². The summed E-state index contributed by atoms with van der Waals surface area (Å²) in [6.07, 6.45) is 87.0. The van der Waals surface area contributed by atoms with Crippen LogP contribution in [0.1, 0.15) is 310 Å². The van der Waals surface area contributed by atoms with E-state index in [-0.39, 0.29) is 25.7 Å². The van der Waals surface area contributed by atoms with Gasteiger partial charge in [-0.3, -0.25) is 37.3 Å². The van der Waals surface area contributed by atoms with Crippen molar-refractivity contribution in [3.63, 3.8) is 0 Å². The molecule has 0 saturated carbocycles. The number of ether oxygens (including phenoxy) is 4. The fourth-order valence-electron chi connectivity index (χ4n) is 10.3. The van der Waals surface area contributed by atoms with Gasteiger partial charge >= 0.3 is 39.5 Å². The monoisotopic (exact) mass is 1500 g/mol. The third-order valence-electron chi connectivity index (χ3n) is 16.3. The molecular formula is C85H142O17P2. The molecule has 0 aromatic heterocycles. The van der Waals surface area contributed by atoms with Crippen molar-refractivity contribution in [1.29, 1.82) is 0 Å².